The van der Waals surface area contributed by atoms with Crippen molar-refractivity contribution in [1.29, 1.82) is 0 Å². The lowest BCUT2D eigenvalue weighted by Gasteiger charge is -2.29. The van der Waals surface area contributed by atoms with Crippen LogP contribution in [-0.2, 0) is 4.79 Å². The van der Waals surface area contributed by atoms with Crippen molar-refractivity contribution in [2.75, 3.05) is 45.8 Å². The van der Waals surface area contributed by atoms with Gasteiger partial charge in [-0.25, -0.2) is 19.7 Å². The van der Waals surface area contributed by atoms with E-state index in [2.05, 4.69) is 30.0 Å². The molecule has 44 heavy (non-hydrogen) atoms. The van der Waals surface area contributed by atoms with Crippen molar-refractivity contribution >= 4 is 39.7 Å². The number of esters is 1. The standard InChI is InChI=1S/C28H29F3N6O7/c1-14-16-11-20(41-2)21(42-3)12-18(16)34-26(32-14)36-27-33-17-6-7-19(43-10-9-37-8-4-5-15(38)13-37)23(22(17)24(39)35-27)44-25(40)28(29,30)31/h6-7,11-12,15,38H,4-5,8-10,13H2,1-3H3,(H2,32,33,34,35,36,39). The molecule has 5 rings (SSSR count). The molecule has 1 unspecified atom stereocenters. The molecule has 0 aliphatic carbocycles. The Kier molecular flexibility index (Phi) is 8.73. The van der Waals surface area contributed by atoms with Gasteiger partial charge in [0, 0.05) is 24.5 Å². The first kappa shape index (κ1) is 30.7. The van der Waals surface area contributed by atoms with Gasteiger partial charge >= 0.3 is 12.1 Å². The molecule has 16 heteroatoms. The van der Waals surface area contributed by atoms with Crippen molar-refractivity contribution in [2.45, 2.75) is 32.0 Å². The number of carbonyl (C=O) groups is 1. The molecule has 0 spiro atoms. The molecule has 3 heterocycles. The van der Waals surface area contributed by atoms with Gasteiger partial charge in [-0.2, -0.15) is 13.2 Å². The van der Waals surface area contributed by atoms with Crippen LogP contribution in [0.1, 0.15) is 18.5 Å². The lowest BCUT2D eigenvalue weighted by molar-refractivity contribution is -0.189. The van der Waals surface area contributed by atoms with Gasteiger partial charge in [-0.05, 0) is 44.5 Å². The third-order valence-electron chi connectivity index (χ3n) is 6.98. The molecule has 1 fully saturated rings. The fraction of sp³-hybridized carbons (Fsp3) is 0.393. The number of nitrogens with one attached hydrogen (secondary N) is 2. The summed E-state index contributed by atoms with van der Waals surface area (Å²) in [5.74, 6) is -2.62. The number of halogens is 3. The van der Waals surface area contributed by atoms with E-state index >= 15 is 0 Å². The van der Waals surface area contributed by atoms with E-state index in [1.54, 1.807) is 19.1 Å². The number of aliphatic hydroxyl groups excluding tert-OH is 1. The van der Waals surface area contributed by atoms with Gasteiger partial charge in [-0.15, -0.1) is 0 Å². The first-order valence-corrected chi connectivity index (χ1v) is 13.5. The van der Waals surface area contributed by atoms with Crippen LogP contribution in [0.4, 0.5) is 25.1 Å². The number of ether oxygens (including phenoxy) is 4. The van der Waals surface area contributed by atoms with Gasteiger partial charge in [0.25, 0.3) is 5.56 Å². The number of aromatic nitrogens is 4. The Morgan fingerprint density at radius 2 is 1.86 bits per heavy atom. The molecule has 1 atom stereocenters. The summed E-state index contributed by atoms with van der Waals surface area (Å²) in [6, 6.07) is 5.99. The van der Waals surface area contributed by atoms with Crippen molar-refractivity contribution in [3.8, 4) is 23.0 Å². The van der Waals surface area contributed by atoms with Gasteiger partial charge in [0.2, 0.25) is 11.9 Å². The summed E-state index contributed by atoms with van der Waals surface area (Å²) in [7, 11) is 2.99. The third kappa shape index (κ3) is 6.60. The highest BCUT2D eigenvalue weighted by molar-refractivity contribution is 5.91. The van der Waals surface area contributed by atoms with Crippen LogP contribution >= 0.6 is 0 Å². The zero-order valence-corrected chi connectivity index (χ0v) is 23.9. The molecule has 13 nitrogen and oxygen atoms in total. The Labute approximate surface area is 247 Å². The predicted octanol–water partition coefficient (Wildman–Crippen LogP) is 3.24. The Morgan fingerprint density at radius 1 is 1.11 bits per heavy atom. The number of H-pyrrole nitrogens is 1. The summed E-state index contributed by atoms with van der Waals surface area (Å²) < 4.78 is 60.5. The Morgan fingerprint density at radius 3 is 2.57 bits per heavy atom. The molecule has 2 aromatic heterocycles. The lowest BCUT2D eigenvalue weighted by Crippen LogP contribution is -2.40. The highest BCUT2D eigenvalue weighted by Gasteiger charge is 2.42. The van der Waals surface area contributed by atoms with E-state index in [9.17, 15) is 27.9 Å². The number of anilines is 2. The van der Waals surface area contributed by atoms with Crippen LogP contribution in [-0.4, -0.2) is 88.7 Å². The number of aryl methyl sites for hydroxylation is 1. The van der Waals surface area contributed by atoms with E-state index in [4.69, 9.17) is 14.2 Å². The van der Waals surface area contributed by atoms with Crippen molar-refractivity contribution < 1.29 is 42.0 Å². The van der Waals surface area contributed by atoms with Crippen LogP contribution in [0.5, 0.6) is 23.0 Å². The van der Waals surface area contributed by atoms with E-state index in [1.807, 2.05) is 4.90 Å². The van der Waals surface area contributed by atoms with Crippen LogP contribution < -0.4 is 29.8 Å². The number of likely N-dealkylation sites (tertiary alicyclic amines) is 1. The second kappa shape index (κ2) is 12.5. The number of piperidine rings is 1. The second-order valence-electron chi connectivity index (χ2n) is 10.0. The van der Waals surface area contributed by atoms with Gasteiger partial charge < -0.3 is 24.1 Å². The third-order valence-corrected chi connectivity index (χ3v) is 6.98. The summed E-state index contributed by atoms with van der Waals surface area (Å²) in [5, 5.41) is 12.9. The zero-order chi connectivity index (χ0) is 31.6. The van der Waals surface area contributed by atoms with Gasteiger partial charge in [0.15, 0.2) is 23.0 Å². The molecule has 0 bridgehead atoms. The molecule has 2 aromatic carbocycles. The van der Waals surface area contributed by atoms with Crippen LogP contribution in [0.15, 0.2) is 29.1 Å². The largest absolute Gasteiger partial charge is 0.493 e. The number of β-amino-alcohol motifs (C(OH)–C–C–N with tert-alkyl or cyclic N) is 1. The quantitative estimate of drug-likeness (QED) is 0.186. The summed E-state index contributed by atoms with van der Waals surface area (Å²) in [4.78, 5) is 42.5. The number of alkyl halides is 3. The Bertz CT molecular complexity index is 1760. The number of fused-ring (bicyclic) bond motifs is 2. The number of hydrogen-bond acceptors (Lipinski definition) is 12. The van der Waals surface area contributed by atoms with Crippen molar-refractivity contribution in [1.82, 2.24) is 24.8 Å². The van der Waals surface area contributed by atoms with Gasteiger partial charge in [0.1, 0.15) is 12.0 Å². The smallest absolute Gasteiger partial charge is 0.491 e. The molecule has 0 saturated carbocycles. The number of carbonyl (C=O) groups excluding carboxylic acids is 1. The van der Waals surface area contributed by atoms with Crippen molar-refractivity contribution in [3.63, 3.8) is 0 Å². The number of hydrogen-bond donors (Lipinski definition) is 3. The minimum atomic E-state index is -5.33. The number of benzene rings is 2. The predicted molar refractivity (Wildman–Crippen MR) is 152 cm³/mol. The van der Waals surface area contributed by atoms with Crippen LogP contribution in [0, 0.1) is 6.92 Å². The second-order valence-corrected chi connectivity index (χ2v) is 10.0. The molecular formula is C28H29F3N6O7. The topological polar surface area (TPSA) is 161 Å². The van der Waals surface area contributed by atoms with E-state index in [1.165, 1.54) is 26.4 Å². The monoisotopic (exact) mass is 618 g/mol. The fourth-order valence-corrected chi connectivity index (χ4v) is 4.90. The molecule has 1 saturated heterocycles. The van der Waals surface area contributed by atoms with E-state index in [0.717, 1.165) is 13.0 Å². The summed E-state index contributed by atoms with van der Waals surface area (Å²) in [6.45, 7) is 3.24. The van der Waals surface area contributed by atoms with Gasteiger partial charge in [-0.1, -0.05) is 0 Å². The highest BCUT2D eigenvalue weighted by Crippen LogP contribution is 2.36. The van der Waals surface area contributed by atoms with Gasteiger partial charge in [0.05, 0.1) is 37.1 Å². The van der Waals surface area contributed by atoms with E-state index in [0.29, 0.717) is 47.6 Å². The molecule has 1 aliphatic rings. The maximum Gasteiger partial charge on any atom is 0.491 e. The zero-order valence-electron chi connectivity index (χ0n) is 23.9. The van der Waals surface area contributed by atoms with Gasteiger partial charge in [-0.3, -0.25) is 20.0 Å². The van der Waals surface area contributed by atoms with Crippen molar-refractivity contribution in [3.05, 3.63) is 40.3 Å². The molecule has 3 N–H and O–H groups in total. The molecule has 4 aromatic rings. The molecular weight excluding hydrogens is 589 g/mol. The Hall–Kier alpha value is -4.70. The molecule has 0 radical (unpaired) electrons. The number of methoxy groups -OCH3 is 2. The highest BCUT2D eigenvalue weighted by atomic mass is 19.4. The lowest BCUT2D eigenvalue weighted by atomic mass is 10.1. The maximum absolute atomic E-state index is 13.2. The minimum Gasteiger partial charge on any atom is -0.493 e. The molecule has 0 amide bonds. The molecule has 234 valence electrons. The average molecular weight is 619 g/mol. The van der Waals surface area contributed by atoms with Crippen LogP contribution in [0.3, 0.4) is 0 Å². The fourth-order valence-electron chi connectivity index (χ4n) is 4.90. The number of aliphatic hydroxyl groups is 1. The molecule has 1 aliphatic heterocycles. The van der Waals surface area contributed by atoms with Crippen molar-refractivity contribution in [2.24, 2.45) is 0 Å². The van der Waals surface area contributed by atoms with E-state index in [-0.39, 0.29) is 29.8 Å². The summed E-state index contributed by atoms with van der Waals surface area (Å²) >= 11 is 0. The average Bonchev–Trinajstić information content (AvgIpc) is 2.97. The Balaban J connectivity index is 1.47. The summed E-state index contributed by atoms with van der Waals surface area (Å²) in [6.07, 6.45) is -4.34. The minimum absolute atomic E-state index is 0.00488. The van der Waals surface area contributed by atoms with Crippen LogP contribution in [0.2, 0.25) is 0 Å². The number of nitrogens with zero attached hydrogens (tertiary/aromatic N) is 4. The van der Waals surface area contributed by atoms with Crippen LogP contribution in [0.25, 0.3) is 21.8 Å². The summed E-state index contributed by atoms with van der Waals surface area (Å²) in [5.41, 5.74) is 0.0828. The normalized spacial score (nSPS) is 15.8. The first-order valence-electron chi connectivity index (χ1n) is 13.5. The van der Waals surface area contributed by atoms with E-state index < -0.39 is 34.9 Å². The SMILES string of the molecule is COc1cc2nc(Nc3nc4ccc(OCCN5CCCC(O)C5)c(OC(=O)C(F)(F)F)c4c(=O)[nH]3)nc(C)c2cc1OC. The number of aromatic amines is 1. The number of rotatable bonds is 9. The first-order chi connectivity index (χ1) is 21.0. The maximum atomic E-state index is 13.2.